The molecule has 0 aromatic heterocycles. The average Bonchev–Trinajstić information content (AvgIpc) is 2.51. The molecule has 0 N–H and O–H groups in total. The van der Waals surface area contributed by atoms with Crippen molar-refractivity contribution in [2.75, 3.05) is 19.8 Å². The molecule has 4 nitrogen and oxygen atoms in total. The third-order valence-electron chi connectivity index (χ3n) is 3.07. The Kier molecular flexibility index (Phi) is 9.23. The number of nitrogens with zero attached hydrogens (tertiary/aromatic N) is 1. The van der Waals surface area contributed by atoms with Crippen molar-refractivity contribution in [3.05, 3.63) is 34.6 Å². The second kappa shape index (κ2) is 10.9. The van der Waals surface area contributed by atoms with E-state index in [1.54, 1.807) is 0 Å². The molecule has 1 aromatic rings. The summed E-state index contributed by atoms with van der Waals surface area (Å²) in [6, 6.07) is 3.78. The van der Waals surface area contributed by atoms with Gasteiger partial charge in [-0.3, -0.25) is 0 Å². The van der Waals surface area contributed by atoms with Crippen molar-refractivity contribution in [2.45, 2.75) is 40.5 Å². The number of hydrogen-bond donors (Lipinski definition) is 0. The maximum absolute atomic E-state index is 12.5. The van der Waals surface area contributed by atoms with Crippen molar-refractivity contribution < 1.29 is 18.7 Å². The molecular weight excluding hydrogens is 333 g/mol. The smallest absolute Gasteiger partial charge is 0.188 e. The Hall–Kier alpha value is -1.75. The summed E-state index contributed by atoms with van der Waals surface area (Å²) in [5, 5.41) is 3.11. The quantitative estimate of drug-likeness (QED) is 0.329. The normalized spacial score (nSPS) is 11.2. The monoisotopic (exact) mass is 357 g/mol. The molecule has 6 heteroatoms. The zero-order valence-corrected chi connectivity index (χ0v) is 15.5. The van der Waals surface area contributed by atoms with Crippen molar-refractivity contribution in [1.82, 2.24) is 0 Å². The van der Waals surface area contributed by atoms with Crippen molar-refractivity contribution in [3.8, 4) is 11.5 Å². The van der Waals surface area contributed by atoms with Crippen LogP contribution in [0.3, 0.4) is 0 Å². The summed E-state index contributed by atoms with van der Waals surface area (Å²) >= 11 is 5.15. The fourth-order valence-electron chi connectivity index (χ4n) is 2.04. The van der Waals surface area contributed by atoms with Gasteiger partial charge in [-0.1, -0.05) is 23.7 Å². The Morgan fingerprint density at radius 2 is 2.00 bits per heavy atom. The van der Waals surface area contributed by atoms with Crippen molar-refractivity contribution in [3.63, 3.8) is 0 Å². The topological polar surface area (TPSA) is 40.0 Å². The molecule has 1 aromatic carbocycles. The first-order valence-electron chi connectivity index (χ1n) is 7.97. The third-order valence-corrected chi connectivity index (χ3v) is 3.22. The van der Waals surface area contributed by atoms with E-state index in [4.69, 9.17) is 25.9 Å². The van der Waals surface area contributed by atoms with Gasteiger partial charge in [-0.25, -0.2) is 0 Å². The first-order valence-corrected chi connectivity index (χ1v) is 8.35. The number of benzene rings is 1. The van der Waals surface area contributed by atoms with Gasteiger partial charge in [0, 0.05) is 12.5 Å². The largest absolute Gasteiger partial charge is 0.493 e. The van der Waals surface area contributed by atoms with Crippen LogP contribution in [0, 0.1) is 6.92 Å². The molecule has 0 radical (unpaired) electrons. The molecule has 134 valence electrons. The molecule has 0 heterocycles. The van der Waals surface area contributed by atoms with Gasteiger partial charge in [0.25, 0.3) is 0 Å². The Morgan fingerprint density at radius 3 is 2.62 bits per heavy atom. The maximum Gasteiger partial charge on any atom is 0.188 e. The SMILES string of the molecule is CCc1cc(OC/C=C(/F)Cl)cc(C)c1OCCCON=C(C)C. The first-order chi connectivity index (χ1) is 11.4. The second-order valence-corrected chi connectivity index (χ2v) is 5.82. The Bertz CT molecular complexity index is 580. The molecule has 0 aliphatic carbocycles. The lowest BCUT2D eigenvalue weighted by Gasteiger charge is -2.15. The van der Waals surface area contributed by atoms with Crippen LogP contribution in [0.2, 0.25) is 0 Å². The van der Waals surface area contributed by atoms with Gasteiger partial charge in [0.1, 0.15) is 24.7 Å². The summed E-state index contributed by atoms with van der Waals surface area (Å²) < 4.78 is 23.8. The fourth-order valence-corrected chi connectivity index (χ4v) is 2.10. The van der Waals surface area contributed by atoms with E-state index >= 15 is 0 Å². The van der Waals surface area contributed by atoms with E-state index in [2.05, 4.69) is 5.16 Å². The molecule has 24 heavy (non-hydrogen) atoms. The van der Waals surface area contributed by atoms with Crippen LogP contribution in [-0.2, 0) is 11.3 Å². The molecular formula is C18H25ClFNO3. The van der Waals surface area contributed by atoms with Crippen molar-refractivity contribution in [2.24, 2.45) is 5.16 Å². The van der Waals surface area contributed by atoms with Gasteiger partial charge in [-0.15, -0.1) is 0 Å². The lowest BCUT2D eigenvalue weighted by Crippen LogP contribution is -2.05. The van der Waals surface area contributed by atoms with Crippen LogP contribution < -0.4 is 9.47 Å². The van der Waals surface area contributed by atoms with E-state index in [0.717, 1.165) is 35.4 Å². The van der Waals surface area contributed by atoms with Gasteiger partial charge >= 0.3 is 0 Å². The summed E-state index contributed by atoms with van der Waals surface area (Å²) in [6.45, 7) is 8.93. The van der Waals surface area contributed by atoms with E-state index in [1.165, 1.54) is 6.08 Å². The number of aryl methyl sites for hydroxylation is 2. The predicted molar refractivity (Wildman–Crippen MR) is 95.9 cm³/mol. The second-order valence-electron chi connectivity index (χ2n) is 5.46. The first kappa shape index (κ1) is 20.3. The number of ether oxygens (including phenoxy) is 2. The van der Waals surface area contributed by atoms with Crippen LogP contribution in [0.5, 0.6) is 11.5 Å². The molecule has 0 aliphatic heterocycles. The average molecular weight is 358 g/mol. The summed E-state index contributed by atoms with van der Waals surface area (Å²) in [7, 11) is 0. The van der Waals surface area contributed by atoms with E-state index in [1.807, 2.05) is 39.8 Å². The molecule has 0 amide bonds. The van der Waals surface area contributed by atoms with Gasteiger partial charge < -0.3 is 14.3 Å². The molecule has 0 bridgehead atoms. The predicted octanol–water partition coefficient (Wildman–Crippen LogP) is 5.17. The number of rotatable bonds is 10. The summed E-state index contributed by atoms with van der Waals surface area (Å²) in [5.74, 6) is 1.53. The number of oxime groups is 1. The molecule has 0 fully saturated rings. The molecule has 0 unspecified atom stereocenters. The number of hydrogen-bond acceptors (Lipinski definition) is 4. The van der Waals surface area contributed by atoms with Crippen LogP contribution in [0.15, 0.2) is 28.7 Å². The highest BCUT2D eigenvalue weighted by molar-refractivity contribution is 6.28. The lowest BCUT2D eigenvalue weighted by molar-refractivity contribution is 0.127. The zero-order valence-electron chi connectivity index (χ0n) is 14.7. The zero-order chi connectivity index (χ0) is 17.9. The van der Waals surface area contributed by atoms with E-state index in [-0.39, 0.29) is 6.61 Å². The highest BCUT2D eigenvalue weighted by atomic mass is 35.5. The van der Waals surface area contributed by atoms with Crippen LogP contribution in [0.4, 0.5) is 4.39 Å². The highest BCUT2D eigenvalue weighted by Gasteiger charge is 2.09. The van der Waals surface area contributed by atoms with Gasteiger partial charge in [-0.2, -0.15) is 4.39 Å². The van der Waals surface area contributed by atoms with Gasteiger partial charge in [-0.05, 0) is 50.5 Å². The Morgan fingerprint density at radius 1 is 1.25 bits per heavy atom. The summed E-state index contributed by atoms with van der Waals surface area (Å²) in [6.07, 6.45) is 2.73. The molecule has 0 saturated carbocycles. The van der Waals surface area contributed by atoms with E-state index in [0.29, 0.717) is 19.0 Å². The maximum atomic E-state index is 12.5. The van der Waals surface area contributed by atoms with Crippen molar-refractivity contribution in [1.29, 1.82) is 0 Å². The Labute approximate surface area is 148 Å². The van der Waals surface area contributed by atoms with E-state index in [9.17, 15) is 4.39 Å². The summed E-state index contributed by atoms with van der Waals surface area (Å²) in [5.41, 5.74) is 2.91. The number of halogens is 2. The lowest BCUT2D eigenvalue weighted by atomic mass is 10.1. The molecule has 0 atom stereocenters. The Balaban J connectivity index is 2.60. The third kappa shape index (κ3) is 7.68. The van der Waals surface area contributed by atoms with Crippen LogP contribution in [0.1, 0.15) is 38.3 Å². The highest BCUT2D eigenvalue weighted by Crippen LogP contribution is 2.30. The standard InChI is InChI=1S/C18H25ClFNO3/c1-5-15-12-16(22-10-7-17(19)20)11-14(4)18(15)23-8-6-9-24-21-13(2)3/h7,11-12H,5-6,8-10H2,1-4H3/b17-7+. The van der Waals surface area contributed by atoms with Crippen LogP contribution in [-0.4, -0.2) is 25.5 Å². The van der Waals surface area contributed by atoms with Crippen molar-refractivity contribution >= 4 is 17.3 Å². The minimum Gasteiger partial charge on any atom is -0.493 e. The molecule has 0 aliphatic rings. The molecule has 0 spiro atoms. The van der Waals surface area contributed by atoms with Gasteiger partial charge in [0.15, 0.2) is 5.29 Å². The van der Waals surface area contributed by atoms with E-state index < -0.39 is 5.29 Å². The van der Waals surface area contributed by atoms with Gasteiger partial charge in [0.05, 0.1) is 12.3 Å². The minimum atomic E-state index is -0.771. The minimum absolute atomic E-state index is 0.0901. The van der Waals surface area contributed by atoms with Gasteiger partial charge in [0.2, 0.25) is 0 Å². The van der Waals surface area contributed by atoms with Crippen LogP contribution >= 0.6 is 11.6 Å². The molecule has 0 saturated heterocycles. The summed E-state index contributed by atoms with van der Waals surface area (Å²) in [4.78, 5) is 5.14. The van der Waals surface area contributed by atoms with Crippen LogP contribution in [0.25, 0.3) is 0 Å². The molecule has 1 rings (SSSR count). The fraction of sp³-hybridized carbons (Fsp3) is 0.500.